The van der Waals surface area contributed by atoms with E-state index in [1.165, 1.54) is 0 Å². The summed E-state index contributed by atoms with van der Waals surface area (Å²) in [5.74, 6) is -0.762. The summed E-state index contributed by atoms with van der Waals surface area (Å²) in [5, 5.41) is 2.75. The molecule has 5 heteroatoms. The Kier molecular flexibility index (Phi) is 7.41. The standard InChI is InChI=1S/C22H28N2O3/c1-5-24(16(2)3)20-12-10-19(11-13-20)23-21(25)15-27-22(26)14-18-9-7-6-8-17(18)4/h6-13,16H,5,14-15H2,1-4H3,(H,23,25). The van der Waals surface area contributed by atoms with Crippen molar-refractivity contribution in [1.82, 2.24) is 0 Å². The van der Waals surface area contributed by atoms with Gasteiger partial charge in [-0.1, -0.05) is 24.3 Å². The topological polar surface area (TPSA) is 58.6 Å². The van der Waals surface area contributed by atoms with Crippen molar-refractivity contribution in [3.8, 4) is 0 Å². The summed E-state index contributed by atoms with van der Waals surface area (Å²) in [6.45, 7) is 8.97. The van der Waals surface area contributed by atoms with Crippen LogP contribution in [0.5, 0.6) is 0 Å². The smallest absolute Gasteiger partial charge is 0.310 e. The summed E-state index contributed by atoms with van der Waals surface area (Å²) >= 11 is 0. The van der Waals surface area contributed by atoms with E-state index in [0.717, 1.165) is 23.4 Å². The van der Waals surface area contributed by atoms with Gasteiger partial charge in [0.15, 0.2) is 6.61 Å². The van der Waals surface area contributed by atoms with E-state index in [4.69, 9.17) is 4.74 Å². The first kappa shape index (κ1) is 20.5. The lowest BCUT2D eigenvalue weighted by atomic mass is 10.1. The van der Waals surface area contributed by atoms with Crippen LogP contribution in [0, 0.1) is 6.92 Å². The zero-order valence-corrected chi connectivity index (χ0v) is 16.5. The molecule has 2 aromatic rings. The van der Waals surface area contributed by atoms with Gasteiger partial charge in [0.05, 0.1) is 6.42 Å². The summed E-state index contributed by atoms with van der Waals surface area (Å²) in [6.07, 6.45) is 0.163. The van der Waals surface area contributed by atoms with Crippen LogP contribution in [0.15, 0.2) is 48.5 Å². The van der Waals surface area contributed by atoms with Gasteiger partial charge >= 0.3 is 5.97 Å². The first-order chi connectivity index (χ1) is 12.9. The molecule has 0 atom stereocenters. The molecule has 0 heterocycles. The molecule has 0 fully saturated rings. The van der Waals surface area contributed by atoms with Crippen LogP contribution in [0.25, 0.3) is 0 Å². The number of hydrogen-bond acceptors (Lipinski definition) is 4. The monoisotopic (exact) mass is 368 g/mol. The van der Waals surface area contributed by atoms with Crippen LogP contribution in [0.1, 0.15) is 31.9 Å². The number of esters is 1. The molecule has 0 aliphatic carbocycles. The molecule has 1 N–H and O–H groups in total. The largest absolute Gasteiger partial charge is 0.455 e. The van der Waals surface area contributed by atoms with E-state index in [-0.39, 0.29) is 18.9 Å². The van der Waals surface area contributed by atoms with Crippen molar-refractivity contribution < 1.29 is 14.3 Å². The summed E-state index contributed by atoms with van der Waals surface area (Å²) < 4.78 is 5.09. The molecule has 0 aliphatic rings. The van der Waals surface area contributed by atoms with Gasteiger partial charge in [-0.25, -0.2) is 0 Å². The third-order valence-corrected chi connectivity index (χ3v) is 4.41. The predicted molar refractivity (Wildman–Crippen MR) is 109 cm³/mol. The van der Waals surface area contributed by atoms with E-state index in [9.17, 15) is 9.59 Å². The number of ether oxygens (including phenoxy) is 1. The second kappa shape index (κ2) is 9.76. The fourth-order valence-electron chi connectivity index (χ4n) is 2.94. The maximum absolute atomic E-state index is 12.0. The second-order valence-corrected chi connectivity index (χ2v) is 6.74. The molecule has 0 aliphatic heterocycles. The normalized spacial score (nSPS) is 10.6. The number of nitrogens with one attached hydrogen (secondary N) is 1. The number of nitrogens with zero attached hydrogens (tertiary/aromatic N) is 1. The van der Waals surface area contributed by atoms with Gasteiger partial charge < -0.3 is 15.0 Å². The first-order valence-corrected chi connectivity index (χ1v) is 9.27. The molecule has 2 aromatic carbocycles. The van der Waals surface area contributed by atoms with Gasteiger partial charge in [-0.15, -0.1) is 0 Å². The average Bonchev–Trinajstić information content (AvgIpc) is 2.64. The van der Waals surface area contributed by atoms with Crippen molar-refractivity contribution in [3.05, 3.63) is 59.7 Å². The Morgan fingerprint density at radius 2 is 1.74 bits per heavy atom. The van der Waals surface area contributed by atoms with Crippen LogP contribution < -0.4 is 10.2 Å². The Hall–Kier alpha value is -2.82. The highest BCUT2D eigenvalue weighted by Crippen LogP contribution is 2.19. The van der Waals surface area contributed by atoms with E-state index in [1.807, 2.05) is 55.5 Å². The van der Waals surface area contributed by atoms with Crippen LogP contribution in [-0.4, -0.2) is 31.1 Å². The van der Waals surface area contributed by atoms with Crippen molar-refractivity contribution in [1.29, 1.82) is 0 Å². The lowest BCUT2D eigenvalue weighted by Gasteiger charge is -2.27. The van der Waals surface area contributed by atoms with Crippen molar-refractivity contribution in [2.75, 3.05) is 23.4 Å². The molecule has 5 nitrogen and oxygen atoms in total. The Balaban J connectivity index is 1.83. The minimum atomic E-state index is -0.412. The van der Waals surface area contributed by atoms with E-state index < -0.39 is 5.97 Å². The Bertz CT molecular complexity index is 769. The third kappa shape index (κ3) is 6.13. The van der Waals surface area contributed by atoms with Crippen molar-refractivity contribution in [2.24, 2.45) is 0 Å². The lowest BCUT2D eigenvalue weighted by molar-refractivity contribution is -0.146. The van der Waals surface area contributed by atoms with Gasteiger partial charge in [-0.2, -0.15) is 0 Å². The summed E-state index contributed by atoms with van der Waals surface area (Å²) in [6, 6.07) is 15.7. The van der Waals surface area contributed by atoms with Crippen molar-refractivity contribution in [2.45, 2.75) is 40.2 Å². The van der Waals surface area contributed by atoms with Crippen molar-refractivity contribution in [3.63, 3.8) is 0 Å². The number of carbonyl (C=O) groups is 2. The van der Waals surface area contributed by atoms with Crippen LogP contribution in [0.4, 0.5) is 11.4 Å². The van der Waals surface area contributed by atoms with Gasteiger partial charge in [-0.3, -0.25) is 9.59 Å². The highest BCUT2D eigenvalue weighted by molar-refractivity contribution is 5.93. The second-order valence-electron chi connectivity index (χ2n) is 6.74. The third-order valence-electron chi connectivity index (χ3n) is 4.41. The molecule has 27 heavy (non-hydrogen) atoms. The number of amides is 1. The lowest BCUT2D eigenvalue weighted by Crippen LogP contribution is -2.30. The van der Waals surface area contributed by atoms with E-state index in [2.05, 4.69) is 31.0 Å². The minimum Gasteiger partial charge on any atom is -0.455 e. The summed E-state index contributed by atoms with van der Waals surface area (Å²) in [4.78, 5) is 26.2. The molecule has 0 unspecified atom stereocenters. The number of anilines is 2. The minimum absolute atomic E-state index is 0.163. The zero-order chi connectivity index (χ0) is 19.8. The molecular weight excluding hydrogens is 340 g/mol. The number of carbonyl (C=O) groups excluding carboxylic acids is 2. The molecule has 0 saturated carbocycles. The molecule has 144 valence electrons. The van der Waals surface area contributed by atoms with Gasteiger partial charge in [0.1, 0.15) is 0 Å². The predicted octanol–water partition coefficient (Wildman–Crippen LogP) is 3.95. The molecule has 2 rings (SSSR count). The quantitative estimate of drug-likeness (QED) is 0.717. The van der Waals surface area contributed by atoms with Crippen LogP contribution in [-0.2, 0) is 20.7 Å². The molecule has 0 saturated heterocycles. The highest BCUT2D eigenvalue weighted by Gasteiger charge is 2.11. The average molecular weight is 368 g/mol. The van der Waals surface area contributed by atoms with Gasteiger partial charge in [0.2, 0.25) is 0 Å². The zero-order valence-electron chi connectivity index (χ0n) is 16.5. The van der Waals surface area contributed by atoms with E-state index >= 15 is 0 Å². The van der Waals surface area contributed by atoms with Crippen LogP contribution >= 0.6 is 0 Å². The highest BCUT2D eigenvalue weighted by atomic mass is 16.5. The van der Waals surface area contributed by atoms with Gasteiger partial charge in [-0.05, 0) is 63.1 Å². The van der Waals surface area contributed by atoms with Crippen LogP contribution in [0.3, 0.4) is 0 Å². The molecule has 0 bridgehead atoms. The van der Waals surface area contributed by atoms with E-state index in [1.54, 1.807) is 0 Å². The summed E-state index contributed by atoms with van der Waals surface area (Å²) in [5.41, 5.74) is 3.72. The fourth-order valence-corrected chi connectivity index (χ4v) is 2.94. The molecule has 0 spiro atoms. The van der Waals surface area contributed by atoms with Crippen LogP contribution in [0.2, 0.25) is 0 Å². The fraction of sp³-hybridized carbons (Fsp3) is 0.364. The Morgan fingerprint density at radius 1 is 1.07 bits per heavy atom. The number of benzene rings is 2. The van der Waals surface area contributed by atoms with Gasteiger partial charge in [0, 0.05) is 24.0 Å². The van der Waals surface area contributed by atoms with Crippen molar-refractivity contribution >= 4 is 23.3 Å². The Labute approximate surface area is 161 Å². The molecular formula is C22H28N2O3. The molecule has 0 aromatic heterocycles. The number of aryl methyl sites for hydroxylation is 1. The first-order valence-electron chi connectivity index (χ1n) is 9.27. The number of rotatable bonds is 8. The number of hydrogen-bond donors (Lipinski definition) is 1. The Morgan fingerprint density at radius 3 is 2.33 bits per heavy atom. The molecule has 1 amide bonds. The van der Waals surface area contributed by atoms with E-state index in [0.29, 0.717) is 11.7 Å². The maximum atomic E-state index is 12.0. The van der Waals surface area contributed by atoms with Gasteiger partial charge in [0.25, 0.3) is 5.91 Å². The molecule has 0 radical (unpaired) electrons. The summed E-state index contributed by atoms with van der Waals surface area (Å²) in [7, 11) is 0. The maximum Gasteiger partial charge on any atom is 0.310 e. The SMILES string of the molecule is CCN(c1ccc(NC(=O)COC(=O)Cc2ccccc2C)cc1)C(C)C.